The maximum Gasteiger partial charge on any atom is 0.533 e. The molecule has 6 amide bonds. The van der Waals surface area contributed by atoms with Crippen LogP contribution in [0.15, 0.2) is 36.4 Å². The number of fused-ring (bicyclic) bond motifs is 3. The number of hydrogen-bond acceptors (Lipinski definition) is 12. The first-order valence-electron chi connectivity index (χ1n) is 20.0. The zero-order chi connectivity index (χ0) is 41.7. The number of imide groups is 1. The first-order valence-corrected chi connectivity index (χ1v) is 20.0. The first kappa shape index (κ1) is 45.3. The van der Waals surface area contributed by atoms with Crippen molar-refractivity contribution in [3.05, 3.63) is 47.5 Å². The molecular formula is C41H55N5O12. The minimum absolute atomic E-state index is 0.0732. The molecule has 1 saturated heterocycles. The molecule has 1 atom stereocenters. The van der Waals surface area contributed by atoms with Gasteiger partial charge in [-0.15, -0.1) is 0 Å². The second kappa shape index (κ2) is 24.4. The van der Waals surface area contributed by atoms with Crippen LogP contribution in [0.5, 0.6) is 0 Å². The fraction of sp³-hybridized carbons (Fsp3) is 0.537. The molecule has 1 aliphatic heterocycles. The van der Waals surface area contributed by atoms with E-state index in [0.717, 1.165) is 30.4 Å². The van der Waals surface area contributed by atoms with Crippen LogP contribution in [0.25, 0.3) is 11.1 Å². The van der Waals surface area contributed by atoms with Crippen LogP contribution in [0.1, 0.15) is 101 Å². The standard InChI is InChI=1S/C41H55N5O12/c1-2-3-21-55-23-18-42-35(48)8-6-10-37(50)44-28-12-14-30-31-15-13-29(45-38(51)11-7-9-36(49)43-19-24-56-22-5-4-20-47)26-33(31)34(32(30)25-28)27-57-41(54)58-46-39(52)16-17-40(46)53/h12-15,25-26,34,47H,2-11,16-24,27H2,1H3,(H,42,48)(H,43,49)(H,44,50)(H,45,51). The SMILES string of the molecule is CCCCOCCNC(=O)CCCC(=O)Nc1ccc2c(c1)C(COC(=O)ON1C(=O)CCC1=O)c1cc(NC(=O)CCCC(=O)NCCOCCCCO)ccc1-2. The predicted octanol–water partition coefficient (Wildman–Crippen LogP) is 4.07. The fourth-order valence-electron chi connectivity index (χ4n) is 6.34. The van der Waals surface area contributed by atoms with Gasteiger partial charge in [0.2, 0.25) is 23.6 Å². The highest BCUT2D eigenvalue weighted by Crippen LogP contribution is 2.47. The normalized spacial score (nSPS) is 14.1. The van der Waals surface area contributed by atoms with Gasteiger partial charge in [0.1, 0.15) is 6.61 Å². The molecule has 0 aromatic heterocycles. The minimum Gasteiger partial charge on any atom is -0.432 e. The molecule has 1 unspecified atom stereocenters. The van der Waals surface area contributed by atoms with Crippen molar-refractivity contribution in [3.8, 4) is 11.1 Å². The highest BCUT2D eigenvalue weighted by Gasteiger charge is 2.35. The Labute approximate surface area is 337 Å². The van der Waals surface area contributed by atoms with Crippen molar-refractivity contribution in [1.82, 2.24) is 15.7 Å². The van der Waals surface area contributed by atoms with Gasteiger partial charge in [0, 0.05) is 88.7 Å². The smallest absolute Gasteiger partial charge is 0.432 e. The molecule has 17 nitrogen and oxygen atoms in total. The summed E-state index contributed by atoms with van der Waals surface area (Å²) >= 11 is 0. The van der Waals surface area contributed by atoms with Crippen molar-refractivity contribution in [2.75, 3.05) is 63.4 Å². The summed E-state index contributed by atoms with van der Waals surface area (Å²) in [6, 6.07) is 10.6. The molecule has 5 N–H and O–H groups in total. The third kappa shape index (κ3) is 14.8. The van der Waals surface area contributed by atoms with Gasteiger partial charge in [-0.05, 0) is 78.6 Å². The van der Waals surface area contributed by atoms with E-state index in [4.69, 9.17) is 24.2 Å². The summed E-state index contributed by atoms with van der Waals surface area (Å²) in [6.07, 6.45) is 3.23. The summed E-state index contributed by atoms with van der Waals surface area (Å²) in [4.78, 5) is 91.6. The summed E-state index contributed by atoms with van der Waals surface area (Å²) in [6.45, 7) is 4.64. The lowest BCUT2D eigenvalue weighted by atomic mass is 9.97. The first-order chi connectivity index (χ1) is 28.1. The number of rotatable bonds is 26. The number of nitrogens with zero attached hydrogens (tertiary/aromatic N) is 1. The van der Waals surface area contributed by atoms with Gasteiger partial charge in [0.05, 0.1) is 13.2 Å². The van der Waals surface area contributed by atoms with Gasteiger partial charge in [0.15, 0.2) is 0 Å². The van der Waals surface area contributed by atoms with Crippen LogP contribution in [0.2, 0.25) is 0 Å². The minimum atomic E-state index is -1.24. The molecule has 2 aromatic rings. The lowest BCUT2D eigenvalue weighted by Gasteiger charge is -2.17. The summed E-state index contributed by atoms with van der Waals surface area (Å²) in [5, 5.41) is 20.5. The van der Waals surface area contributed by atoms with Crippen LogP contribution in [0.4, 0.5) is 16.2 Å². The summed E-state index contributed by atoms with van der Waals surface area (Å²) in [7, 11) is 0. The Morgan fingerprint density at radius 3 is 1.67 bits per heavy atom. The molecule has 17 heteroatoms. The largest absolute Gasteiger partial charge is 0.533 e. The number of carbonyl (C=O) groups is 7. The Morgan fingerprint density at radius 2 is 1.17 bits per heavy atom. The molecule has 4 rings (SSSR count). The van der Waals surface area contributed by atoms with Crippen molar-refractivity contribution in [2.24, 2.45) is 0 Å². The number of carbonyl (C=O) groups excluding carboxylic acids is 7. The Kier molecular flexibility index (Phi) is 19.1. The van der Waals surface area contributed by atoms with Gasteiger partial charge in [-0.2, -0.15) is 0 Å². The molecule has 0 saturated carbocycles. The lowest BCUT2D eigenvalue weighted by Crippen LogP contribution is -2.32. The van der Waals surface area contributed by atoms with Crippen LogP contribution in [-0.4, -0.2) is 104 Å². The third-order valence-electron chi connectivity index (χ3n) is 9.34. The van der Waals surface area contributed by atoms with Crippen molar-refractivity contribution in [3.63, 3.8) is 0 Å². The van der Waals surface area contributed by atoms with Crippen LogP contribution >= 0.6 is 0 Å². The van der Waals surface area contributed by atoms with E-state index in [9.17, 15) is 33.6 Å². The van der Waals surface area contributed by atoms with Gasteiger partial charge in [-0.1, -0.05) is 30.5 Å². The van der Waals surface area contributed by atoms with E-state index in [1.165, 1.54) is 0 Å². The van der Waals surface area contributed by atoms with Crippen LogP contribution in [0, 0.1) is 0 Å². The van der Waals surface area contributed by atoms with Gasteiger partial charge < -0.3 is 40.6 Å². The molecule has 2 aromatic carbocycles. The van der Waals surface area contributed by atoms with Crippen molar-refractivity contribution in [2.45, 2.75) is 89.9 Å². The molecule has 0 spiro atoms. The highest BCUT2D eigenvalue weighted by atomic mass is 16.8. The molecule has 0 radical (unpaired) electrons. The number of aliphatic hydroxyl groups excluding tert-OH is 1. The zero-order valence-corrected chi connectivity index (χ0v) is 33.1. The number of aliphatic hydroxyl groups is 1. The molecular weight excluding hydrogens is 754 g/mol. The van der Waals surface area contributed by atoms with Gasteiger partial charge in [-0.25, -0.2) is 4.79 Å². The van der Waals surface area contributed by atoms with E-state index >= 15 is 0 Å². The molecule has 2 aliphatic rings. The quantitative estimate of drug-likeness (QED) is 0.0515. The molecule has 1 aliphatic carbocycles. The van der Waals surface area contributed by atoms with Gasteiger partial charge >= 0.3 is 6.16 Å². The Hall–Kier alpha value is -5.39. The van der Waals surface area contributed by atoms with Crippen LogP contribution in [0.3, 0.4) is 0 Å². The summed E-state index contributed by atoms with van der Waals surface area (Å²) in [5.41, 5.74) is 3.97. The third-order valence-corrected chi connectivity index (χ3v) is 9.34. The zero-order valence-electron chi connectivity index (χ0n) is 33.1. The molecule has 0 bridgehead atoms. The van der Waals surface area contributed by atoms with Gasteiger partial charge in [-0.3, -0.25) is 33.6 Å². The second-order valence-corrected chi connectivity index (χ2v) is 13.9. The van der Waals surface area contributed by atoms with E-state index in [-0.39, 0.29) is 75.4 Å². The number of amides is 6. The van der Waals surface area contributed by atoms with Crippen molar-refractivity contribution in [1.29, 1.82) is 0 Å². The van der Waals surface area contributed by atoms with Crippen LogP contribution in [-0.2, 0) is 47.8 Å². The fourth-order valence-corrected chi connectivity index (χ4v) is 6.34. The van der Waals surface area contributed by atoms with E-state index in [1.54, 1.807) is 24.3 Å². The second-order valence-electron chi connectivity index (χ2n) is 13.9. The Balaban J connectivity index is 1.34. The van der Waals surface area contributed by atoms with E-state index < -0.39 is 23.9 Å². The topological polar surface area (TPSA) is 228 Å². The number of unbranched alkanes of at least 4 members (excludes halogenated alkanes) is 2. The molecule has 1 heterocycles. The average molecular weight is 810 g/mol. The van der Waals surface area contributed by atoms with Crippen molar-refractivity contribution < 1.29 is 57.7 Å². The number of anilines is 2. The Morgan fingerprint density at radius 1 is 0.672 bits per heavy atom. The maximum absolute atomic E-state index is 12.9. The van der Waals surface area contributed by atoms with E-state index in [2.05, 4.69) is 28.2 Å². The Bertz CT molecular complexity index is 1740. The number of ether oxygens (including phenoxy) is 3. The number of hydroxylamine groups is 2. The molecule has 316 valence electrons. The van der Waals surface area contributed by atoms with Crippen LogP contribution < -0.4 is 21.3 Å². The predicted molar refractivity (Wildman–Crippen MR) is 211 cm³/mol. The summed E-state index contributed by atoms with van der Waals surface area (Å²) < 4.78 is 16.3. The lowest BCUT2D eigenvalue weighted by molar-refractivity contribution is -0.177. The average Bonchev–Trinajstić information content (AvgIpc) is 3.68. The molecule has 1 fully saturated rings. The number of benzene rings is 2. The molecule has 58 heavy (non-hydrogen) atoms. The van der Waals surface area contributed by atoms with E-state index in [1.807, 2.05) is 12.1 Å². The number of hydrogen-bond donors (Lipinski definition) is 5. The van der Waals surface area contributed by atoms with Gasteiger partial charge in [0.25, 0.3) is 11.8 Å². The number of nitrogens with one attached hydrogen (secondary N) is 4. The maximum atomic E-state index is 12.9. The van der Waals surface area contributed by atoms with E-state index in [0.29, 0.717) is 86.3 Å². The summed E-state index contributed by atoms with van der Waals surface area (Å²) in [5.74, 6) is -2.83. The van der Waals surface area contributed by atoms with Crippen molar-refractivity contribution >= 4 is 53.0 Å². The monoisotopic (exact) mass is 809 g/mol. The highest BCUT2D eigenvalue weighted by molar-refractivity contribution is 6.01.